The maximum absolute atomic E-state index is 6.17. The number of fused-ring (bicyclic) bond motifs is 1. The highest BCUT2D eigenvalue weighted by atomic mass is 35.5. The molecule has 162 valence electrons. The molecule has 1 aliphatic heterocycles. The summed E-state index contributed by atoms with van der Waals surface area (Å²) in [4.78, 5) is 9.83. The minimum Gasteiger partial charge on any atom is -0.365 e. The van der Waals surface area contributed by atoms with Gasteiger partial charge in [0.2, 0.25) is 0 Å². The van der Waals surface area contributed by atoms with Crippen molar-refractivity contribution in [2.45, 2.75) is 26.8 Å². The van der Waals surface area contributed by atoms with Gasteiger partial charge in [-0.15, -0.1) is 0 Å². The highest BCUT2D eigenvalue weighted by Gasteiger charge is 2.16. The van der Waals surface area contributed by atoms with Gasteiger partial charge < -0.3 is 15.2 Å². The zero-order chi connectivity index (χ0) is 22.1. The Morgan fingerprint density at radius 2 is 2.03 bits per heavy atom. The van der Waals surface area contributed by atoms with Crippen molar-refractivity contribution in [3.8, 4) is 11.1 Å². The van der Waals surface area contributed by atoms with Crippen LogP contribution in [0.5, 0.6) is 0 Å². The Hall–Kier alpha value is -3.22. The maximum atomic E-state index is 6.17. The number of rotatable bonds is 5. The van der Waals surface area contributed by atoms with E-state index in [1.165, 1.54) is 5.57 Å². The Labute approximate surface area is 191 Å². The Bertz CT molecular complexity index is 1310. The van der Waals surface area contributed by atoms with Crippen molar-refractivity contribution >= 4 is 33.9 Å². The molecule has 0 amide bonds. The van der Waals surface area contributed by atoms with Gasteiger partial charge in [0, 0.05) is 29.1 Å². The van der Waals surface area contributed by atoms with Crippen molar-refractivity contribution in [2.24, 2.45) is 0 Å². The molecule has 4 aromatic rings. The Kier molecular flexibility index (Phi) is 5.64. The lowest BCUT2D eigenvalue weighted by molar-refractivity contribution is 0.393. The third-order valence-electron chi connectivity index (χ3n) is 5.72. The molecule has 2 N–H and O–H groups in total. The quantitative estimate of drug-likeness (QED) is 0.419. The third-order valence-corrected chi connectivity index (χ3v) is 5.95. The monoisotopic (exact) mass is 445 g/mol. The molecule has 1 aliphatic rings. The van der Waals surface area contributed by atoms with E-state index in [1.807, 2.05) is 44.2 Å². The molecule has 0 atom stereocenters. The molecule has 32 heavy (non-hydrogen) atoms. The van der Waals surface area contributed by atoms with E-state index in [1.54, 1.807) is 0 Å². The van der Waals surface area contributed by atoms with Gasteiger partial charge in [-0.1, -0.05) is 41.0 Å². The van der Waals surface area contributed by atoms with Crippen molar-refractivity contribution in [1.29, 1.82) is 0 Å². The molecular formula is C25H24ClN5O. The summed E-state index contributed by atoms with van der Waals surface area (Å²) in [6, 6.07) is 14.1. The lowest BCUT2D eigenvalue weighted by Crippen LogP contribution is -2.20. The highest BCUT2D eigenvalue weighted by molar-refractivity contribution is 6.30. The molecule has 3 heterocycles. The van der Waals surface area contributed by atoms with Gasteiger partial charge in [-0.25, -0.2) is 9.97 Å². The first-order valence-electron chi connectivity index (χ1n) is 10.7. The smallest absolute Gasteiger partial charge is 0.157 e. The van der Waals surface area contributed by atoms with E-state index < -0.39 is 0 Å². The van der Waals surface area contributed by atoms with Crippen molar-refractivity contribution < 1.29 is 4.52 Å². The van der Waals surface area contributed by atoms with Crippen LogP contribution in [0.3, 0.4) is 0 Å². The number of anilines is 1. The van der Waals surface area contributed by atoms with Gasteiger partial charge in [-0.05, 0) is 67.8 Å². The highest BCUT2D eigenvalue weighted by Crippen LogP contribution is 2.32. The van der Waals surface area contributed by atoms with Crippen molar-refractivity contribution in [1.82, 2.24) is 20.4 Å². The SMILES string of the molecule is Cc1noc(C)c1-c1ccc2nc(C3=CCNCC3)nc(NCc3cccc(Cl)c3)c2c1. The third kappa shape index (κ3) is 4.11. The average molecular weight is 446 g/mol. The molecule has 5 rings (SSSR count). The number of aromatic nitrogens is 3. The van der Waals surface area contributed by atoms with Crippen LogP contribution in [0, 0.1) is 13.8 Å². The van der Waals surface area contributed by atoms with Crippen LogP contribution in [0.4, 0.5) is 5.82 Å². The summed E-state index contributed by atoms with van der Waals surface area (Å²) in [5.41, 5.74) is 6.08. The van der Waals surface area contributed by atoms with E-state index in [2.05, 4.69) is 34.0 Å². The number of nitrogens with one attached hydrogen (secondary N) is 2. The molecule has 7 heteroatoms. The normalized spacial score (nSPS) is 13.9. The van der Waals surface area contributed by atoms with E-state index in [0.29, 0.717) is 6.54 Å². The second-order valence-electron chi connectivity index (χ2n) is 7.99. The van der Waals surface area contributed by atoms with E-state index in [4.69, 9.17) is 26.1 Å². The Morgan fingerprint density at radius 1 is 1.12 bits per heavy atom. The minimum atomic E-state index is 0.613. The summed E-state index contributed by atoms with van der Waals surface area (Å²) in [6.45, 7) is 6.28. The van der Waals surface area contributed by atoms with Gasteiger partial charge in [0.25, 0.3) is 0 Å². The van der Waals surface area contributed by atoms with Gasteiger partial charge in [0.15, 0.2) is 5.82 Å². The van der Waals surface area contributed by atoms with E-state index in [0.717, 1.165) is 75.2 Å². The summed E-state index contributed by atoms with van der Waals surface area (Å²) < 4.78 is 5.38. The lowest BCUT2D eigenvalue weighted by Gasteiger charge is -2.16. The predicted molar refractivity (Wildman–Crippen MR) is 129 cm³/mol. The zero-order valence-electron chi connectivity index (χ0n) is 18.1. The maximum Gasteiger partial charge on any atom is 0.157 e. The Morgan fingerprint density at radius 3 is 2.78 bits per heavy atom. The Balaban J connectivity index is 1.60. The fraction of sp³-hybridized carbons (Fsp3) is 0.240. The first-order valence-corrected chi connectivity index (χ1v) is 11.1. The molecule has 6 nitrogen and oxygen atoms in total. The topological polar surface area (TPSA) is 75.9 Å². The molecular weight excluding hydrogens is 422 g/mol. The van der Waals surface area contributed by atoms with Gasteiger partial charge in [-0.3, -0.25) is 0 Å². The number of hydrogen-bond acceptors (Lipinski definition) is 6. The van der Waals surface area contributed by atoms with Crippen LogP contribution in [0.1, 0.15) is 29.3 Å². The summed E-state index contributed by atoms with van der Waals surface area (Å²) in [5, 5.41) is 12.7. The van der Waals surface area contributed by atoms with Gasteiger partial charge in [0.05, 0.1) is 11.2 Å². The number of nitrogens with zero attached hydrogens (tertiary/aromatic N) is 3. The summed E-state index contributed by atoms with van der Waals surface area (Å²) in [6.07, 6.45) is 3.08. The molecule has 0 saturated heterocycles. The van der Waals surface area contributed by atoms with Gasteiger partial charge in [-0.2, -0.15) is 0 Å². The van der Waals surface area contributed by atoms with Crippen molar-refractivity contribution in [2.75, 3.05) is 18.4 Å². The van der Waals surface area contributed by atoms with Crippen molar-refractivity contribution in [3.63, 3.8) is 0 Å². The molecule has 0 aliphatic carbocycles. The number of benzene rings is 2. The number of aryl methyl sites for hydroxylation is 2. The fourth-order valence-corrected chi connectivity index (χ4v) is 4.33. The first kappa shape index (κ1) is 20.7. The second kappa shape index (κ2) is 8.73. The fourth-order valence-electron chi connectivity index (χ4n) is 4.12. The van der Waals surface area contributed by atoms with Gasteiger partial charge in [0.1, 0.15) is 11.6 Å². The zero-order valence-corrected chi connectivity index (χ0v) is 18.8. The van der Waals surface area contributed by atoms with Crippen LogP contribution in [-0.2, 0) is 6.54 Å². The van der Waals surface area contributed by atoms with E-state index >= 15 is 0 Å². The largest absolute Gasteiger partial charge is 0.365 e. The standard InChI is InChI=1S/C25H24ClN5O/c1-15-23(16(2)32-31-15)19-6-7-22-21(13-19)25(28-14-17-4-3-5-20(26)12-17)30-24(29-22)18-8-10-27-11-9-18/h3-8,12-13,27H,9-11,14H2,1-2H3,(H,28,29,30). The van der Waals surface area contributed by atoms with Gasteiger partial charge >= 0.3 is 0 Å². The molecule has 0 spiro atoms. The molecule has 0 bridgehead atoms. The average Bonchev–Trinajstić information content (AvgIpc) is 3.15. The predicted octanol–water partition coefficient (Wildman–Crippen LogP) is 5.54. The molecule has 0 radical (unpaired) electrons. The van der Waals surface area contributed by atoms with Crippen LogP contribution in [0.25, 0.3) is 27.6 Å². The minimum absolute atomic E-state index is 0.613. The second-order valence-corrected chi connectivity index (χ2v) is 8.43. The number of hydrogen-bond donors (Lipinski definition) is 2. The van der Waals surface area contributed by atoms with Crippen LogP contribution < -0.4 is 10.6 Å². The van der Waals surface area contributed by atoms with Crippen LogP contribution in [0.15, 0.2) is 53.1 Å². The van der Waals surface area contributed by atoms with E-state index in [-0.39, 0.29) is 0 Å². The van der Waals surface area contributed by atoms with Crippen molar-refractivity contribution in [3.05, 3.63) is 76.4 Å². The van der Waals surface area contributed by atoms with Crippen LogP contribution in [0.2, 0.25) is 5.02 Å². The first-order chi connectivity index (χ1) is 15.6. The molecule has 2 aromatic heterocycles. The molecule has 0 fully saturated rings. The summed E-state index contributed by atoms with van der Waals surface area (Å²) in [7, 11) is 0. The molecule has 0 unspecified atom stereocenters. The molecule has 2 aromatic carbocycles. The van der Waals surface area contributed by atoms with Crippen LogP contribution in [-0.4, -0.2) is 28.2 Å². The van der Waals surface area contributed by atoms with Crippen LogP contribution >= 0.6 is 11.6 Å². The molecule has 0 saturated carbocycles. The summed E-state index contributed by atoms with van der Waals surface area (Å²) >= 11 is 6.17. The van der Waals surface area contributed by atoms with E-state index in [9.17, 15) is 0 Å². The number of halogens is 1. The lowest BCUT2D eigenvalue weighted by atomic mass is 10.0. The summed E-state index contributed by atoms with van der Waals surface area (Å²) in [5.74, 6) is 2.38.